The summed E-state index contributed by atoms with van der Waals surface area (Å²) in [5.74, 6) is 0.677. The lowest BCUT2D eigenvalue weighted by Crippen LogP contribution is -2.15. The van der Waals surface area contributed by atoms with Gasteiger partial charge in [0.15, 0.2) is 0 Å². The van der Waals surface area contributed by atoms with E-state index in [1.165, 1.54) is 57.8 Å². The van der Waals surface area contributed by atoms with Crippen molar-refractivity contribution in [2.45, 2.75) is 104 Å². The lowest BCUT2D eigenvalue weighted by molar-refractivity contribution is -0.126. The van der Waals surface area contributed by atoms with Gasteiger partial charge in [-0.3, -0.25) is 4.79 Å². The Morgan fingerprint density at radius 1 is 0.714 bits per heavy atom. The van der Waals surface area contributed by atoms with Gasteiger partial charge in [-0.1, -0.05) is 71.6 Å². The first-order chi connectivity index (χ1) is 10.1. The smallest absolute Gasteiger partial charge is 0.136 e. The molecular weight excluding hydrogens is 260 g/mol. The first-order valence-electron chi connectivity index (χ1n) is 9.13. The standard InChI is InChI=1S/C19H36O2/c1-4-6-8-10-12-14-18(13-11-9-7-5-2)19(21)16-15-17(3)20/h18H,4-16H2,1-3H3. The van der Waals surface area contributed by atoms with Crippen molar-refractivity contribution in [1.29, 1.82) is 0 Å². The van der Waals surface area contributed by atoms with E-state index in [2.05, 4.69) is 13.8 Å². The van der Waals surface area contributed by atoms with Crippen LogP contribution in [0.5, 0.6) is 0 Å². The van der Waals surface area contributed by atoms with Gasteiger partial charge in [0.1, 0.15) is 11.6 Å². The number of ketones is 2. The molecule has 1 unspecified atom stereocenters. The fourth-order valence-electron chi connectivity index (χ4n) is 2.78. The first kappa shape index (κ1) is 20.3. The normalized spacial score (nSPS) is 12.3. The maximum Gasteiger partial charge on any atom is 0.136 e. The molecule has 0 fully saturated rings. The third kappa shape index (κ3) is 12.8. The van der Waals surface area contributed by atoms with E-state index < -0.39 is 0 Å². The molecule has 0 aromatic carbocycles. The van der Waals surface area contributed by atoms with Crippen LogP contribution in [-0.4, -0.2) is 11.6 Å². The third-order valence-electron chi connectivity index (χ3n) is 4.24. The van der Waals surface area contributed by atoms with Gasteiger partial charge in [-0.15, -0.1) is 0 Å². The number of unbranched alkanes of at least 4 members (excludes halogenated alkanes) is 7. The summed E-state index contributed by atoms with van der Waals surface area (Å²) in [6.07, 6.45) is 14.1. The van der Waals surface area contributed by atoms with E-state index in [0.29, 0.717) is 18.6 Å². The number of hydrogen-bond acceptors (Lipinski definition) is 2. The first-order valence-corrected chi connectivity index (χ1v) is 9.13. The van der Waals surface area contributed by atoms with Crippen molar-refractivity contribution in [3.8, 4) is 0 Å². The second-order valence-electron chi connectivity index (χ2n) is 6.42. The van der Waals surface area contributed by atoms with Crippen molar-refractivity contribution < 1.29 is 9.59 Å². The zero-order valence-electron chi connectivity index (χ0n) is 14.6. The average Bonchev–Trinajstić information content (AvgIpc) is 2.46. The van der Waals surface area contributed by atoms with Crippen molar-refractivity contribution in [3.05, 3.63) is 0 Å². The number of carbonyl (C=O) groups excluding carboxylic acids is 2. The van der Waals surface area contributed by atoms with Gasteiger partial charge in [0.25, 0.3) is 0 Å². The highest BCUT2D eigenvalue weighted by Crippen LogP contribution is 2.21. The van der Waals surface area contributed by atoms with E-state index in [1.54, 1.807) is 6.92 Å². The van der Waals surface area contributed by atoms with E-state index in [0.717, 1.165) is 12.8 Å². The minimum Gasteiger partial charge on any atom is -0.300 e. The Morgan fingerprint density at radius 2 is 1.19 bits per heavy atom. The lowest BCUT2D eigenvalue weighted by atomic mass is 9.88. The van der Waals surface area contributed by atoms with Crippen molar-refractivity contribution in [2.24, 2.45) is 5.92 Å². The Balaban J connectivity index is 4.06. The molecule has 21 heavy (non-hydrogen) atoms. The van der Waals surface area contributed by atoms with Crippen molar-refractivity contribution >= 4 is 11.6 Å². The summed E-state index contributed by atoms with van der Waals surface area (Å²) in [4.78, 5) is 23.3. The average molecular weight is 296 g/mol. The summed E-state index contributed by atoms with van der Waals surface area (Å²) in [7, 11) is 0. The van der Waals surface area contributed by atoms with E-state index in [9.17, 15) is 9.59 Å². The molecule has 0 aliphatic rings. The van der Waals surface area contributed by atoms with Gasteiger partial charge in [-0.05, 0) is 19.8 Å². The minimum absolute atomic E-state index is 0.135. The highest BCUT2D eigenvalue weighted by molar-refractivity contribution is 5.86. The number of carbonyl (C=O) groups is 2. The Kier molecular flexibility index (Phi) is 13.8. The molecule has 0 rings (SSSR count). The highest BCUT2D eigenvalue weighted by atomic mass is 16.1. The maximum absolute atomic E-state index is 12.3. The summed E-state index contributed by atoms with van der Waals surface area (Å²) in [6, 6.07) is 0. The molecule has 0 saturated carbocycles. The fourth-order valence-corrected chi connectivity index (χ4v) is 2.78. The summed E-state index contributed by atoms with van der Waals surface area (Å²) in [5.41, 5.74) is 0. The summed E-state index contributed by atoms with van der Waals surface area (Å²) in [6.45, 7) is 6.01. The molecule has 2 heteroatoms. The van der Waals surface area contributed by atoms with E-state index in [4.69, 9.17) is 0 Å². The predicted octanol–water partition coefficient (Wildman–Crippen LogP) is 5.87. The van der Waals surface area contributed by atoms with Crippen LogP contribution in [0.3, 0.4) is 0 Å². The van der Waals surface area contributed by atoms with Crippen LogP contribution in [0.2, 0.25) is 0 Å². The summed E-state index contributed by atoms with van der Waals surface area (Å²) < 4.78 is 0. The van der Waals surface area contributed by atoms with Crippen LogP contribution < -0.4 is 0 Å². The molecule has 0 N–H and O–H groups in total. The Hall–Kier alpha value is -0.660. The lowest BCUT2D eigenvalue weighted by Gasteiger charge is -2.15. The molecule has 0 aliphatic heterocycles. The van der Waals surface area contributed by atoms with Crippen LogP contribution in [0, 0.1) is 5.92 Å². The largest absolute Gasteiger partial charge is 0.300 e. The van der Waals surface area contributed by atoms with E-state index >= 15 is 0 Å². The SMILES string of the molecule is CCCCCCCC(CCCCCC)C(=O)CCC(C)=O. The third-order valence-corrected chi connectivity index (χ3v) is 4.24. The molecule has 124 valence electrons. The Labute approximate surface area is 132 Å². The maximum atomic E-state index is 12.3. The highest BCUT2D eigenvalue weighted by Gasteiger charge is 2.17. The van der Waals surface area contributed by atoms with Crippen LogP contribution in [0.4, 0.5) is 0 Å². The molecule has 0 amide bonds. The molecule has 0 heterocycles. The number of rotatable bonds is 15. The zero-order valence-corrected chi connectivity index (χ0v) is 14.6. The number of Topliss-reactive ketones (excluding diaryl/α,β-unsaturated/α-hetero) is 2. The van der Waals surface area contributed by atoms with Gasteiger partial charge in [-0.25, -0.2) is 0 Å². The van der Waals surface area contributed by atoms with E-state index in [-0.39, 0.29) is 11.7 Å². The molecular formula is C19H36O2. The molecule has 0 bridgehead atoms. The second kappa shape index (κ2) is 14.3. The Morgan fingerprint density at radius 3 is 1.67 bits per heavy atom. The molecule has 1 atom stereocenters. The van der Waals surface area contributed by atoms with Gasteiger partial charge < -0.3 is 4.79 Å². The predicted molar refractivity (Wildman–Crippen MR) is 90.5 cm³/mol. The van der Waals surface area contributed by atoms with Gasteiger partial charge in [0.05, 0.1) is 0 Å². The van der Waals surface area contributed by atoms with Crippen molar-refractivity contribution in [3.63, 3.8) is 0 Å². The van der Waals surface area contributed by atoms with Gasteiger partial charge in [0, 0.05) is 18.8 Å². The minimum atomic E-state index is 0.135. The van der Waals surface area contributed by atoms with Crippen LogP contribution in [0.1, 0.15) is 104 Å². The van der Waals surface area contributed by atoms with E-state index in [1.807, 2.05) is 0 Å². The molecule has 0 saturated heterocycles. The van der Waals surface area contributed by atoms with Crippen LogP contribution in [0.15, 0.2) is 0 Å². The van der Waals surface area contributed by atoms with Crippen LogP contribution in [0.25, 0.3) is 0 Å². The topological polar surface area (TPSA) is 34.1 Å². The summed E-state index contributed by atoms with van der Waals surface area (Å²) >= 11 is 0. The quantitative estimate of drug-likeness (QED) is 0.354. The molecule has 0 spiro atoms. The zero-order chi connectivity index (χ0) is 15.9. The Bertz CT molecular complexity index is 271. The van der Waals surface area contributed by atoms with Crippen LogP contribution >= 0.6 is 0 Å². The fraction of sp³-hybridized carbons (Fsp3) is 0.895. The summed E-state index contributed by atoms with van der Waals surface area (Å²) in [5, 5.41) is 0. The van der Waals surface area contributed by atoms with Gasteiger partial charge in [-0.2, -0.15) is 0 Å². The molecule has 0 radical (unpaired) electrons. The van der Waals surface area contributed by atoms with Crippen LogP contribution in [-0.2, 0) is 9.59 Å². The van der Waals surface area contributed by atoms with Crippen molar-refractivity contribution in [2.75, 3.05) is 0 Å². The molecule has 0 aromatic rings. The van der Waals surface area contributed by atoms with Crippen molar-refractivity contribution in [1.82, 2.24) is 0 Å². The molecule has 2 nitrogen and oxygen atoms in total. The number of hydrogen-bond donors (Lipinski definition) is 0. The second-order valence-corrected chi connectivity index (χ2v) is 6.42. The van der Waals surface area contributed by atoms with Gasteiger partial charge in [0.2, 0.25) is 0 Å². The monoisotopic (exact) mass is 296 g/mol. The molecule has 0 aliphatic carbocycles. The van der Waals surface area contributed by atoms with Gasteiger partial charge >= 0.3 is 0 Å². The molecule has 0 aromatic heterocycles.